The van der Waals surface area contributed by atoms with E-state index in [1.165, 1.54) is 18.3 Å². The van der Waals surface area contributed by atoms with Crippen molar-refractivity contribution in [3.05, 3.63) is 59.3 Å². The van der Waals surface area contributed by atoms with Crippen molar-refractivity contribution in [3.8, 4) is 11.6 Å². The maximum atomic E-state index is 13.5. The molecule has 2 rings (SSSR count). The number of nitrogens with zero attached hydrogens (tertiary/aromatic N) is 1. The standard InChI is InChI=1S/C15H11F2NO3/c1-9-6-10(2-5-14(19)20)8-18-15(9)21-13-4-3-11(16)7-12(13)17/h2-8H,1H3,(H,19,20)/b5-2+. The van der Waals surface area contributed by atoms with Gasteiger partial charge in [0.05, 0.1) is 0 Å². The van der Waals surface area contributed by atoms with Crippen LogP contribution in [0.25, 0.3) is 6.08 Å². The number of aromatic nitrogens is 1. The van der Waals surface area contributed by atoms with Gasteiger partial charge >= 0.3 is 5.97 Å². The molecular formula is C15H11F2NO3. The summed E-state index contributed by atoms with van der Waals surface area (Å²) in [5.41, 5.74) is 1.16. The third-order valence-corrected chi connectivity index (χ3v) is 2.57. The van der Waals surface area contributed by atoms with Crippen molar-refractivity contribution in [1.29, 1.82) is 0 Å². The molecule has 0 spiro atoms. The Kier molecular flexibility index (Phi) is 4.27. The molecule has 0 atom stereocenters. The van der Waals surface area contributed by atoms with Crippen LogP contribution in [0.15, 0.2) is 36.5 Å². The van der Waals surface area contributed by atoms with E-state index < -0.39 is 17.6 Å². The predicted molar refractivity (Wildman–Crippen MR) is 72.1 cm³/mol. The fourth-order valence-electron chi connectivity index (χ4n) is 1.61. The van der Waals surface area contributed by atoms with Crippen LogP contribution in [0.1, 0.15) is 11.1 Å². The molecule has 108 valence electrons. The second-order valence-corrected chi connectivity index (χ2v) is 4.24. The summed E-state index contributed by atoms with van der Waals surface area (Å²) in [4.78, 5) is 14.4. The molecule has 0 amide bonds. The number of aryl methyl sites for hydroxylation is 1. The second-order valence-electron chi connectivity index (χ2n) is 4.24. The van der Waals surface area contributed by atoms with E-state index in [0.29, 0.717) is 17.2 Å². The minimum atomic E-state index is -1.07. The number of aliphatic carboxylic acids is 1. The van der Waals surface area contributed by atoms with Crippen molar-refractivity contribution in [3.63, 3.8) is 0 Å². The highest BCUT2D eigenvalue weighted by Gasteiger charge is 2.09. The van der Waals surface area contributed by atoms with Gasteiger partial charge in [0.1, 0.15) is 5.82 Å². The van der Waals surface area contributed by atoms with E-state index in [-0.39, 0.29) is 11.6 Å². The van der Waals surface area contributed by atoms with Gasteiger partial charge < -0.3 is 9.84 Å². The van der Waals surface area contributed by atoms with Gasteiger partial charge in [-0.3, -0.25) is 0 Å². The van der Waals surface area contributed by atoms with Crippen LogP contribution >= 0.6 is 0 Å². The number of halogens is 2. The molecule has 1 aromatic heterocycles. The van der Waals surface area contributed by atoms with E-state index in [2.05, 4.69) is 4.98 Å². The van der Waals surface area contributed by atoms with Gasteiger partial charge in [-0.15, -0.1) is 0 Å². The average Bonchev–Trinajstić information content (AvgIpc) is 2.42. The third-order valence-electron chi connectivity index (χ3n) is 2.57. The van der Waals surface area contributed by atoms with Crippen LogP contribution in [-0.2, 0) is 4.79 Å². The van der Waals surface area contributed by atoms with Gasteiger partial charge in [0.15, 0.2) is 11.6 Å². The Morgan fingerprint density at radius 1 is 1.33 bits per heavy atom. The Bertz CT molecular complexity index is 714. The number of hydrogen-bond donors (Lipinski definition) is 1. The van der Waals surface area contributed by atoms with E-state index in [4.69, 9.17) is 9.84 Å². The van der Waals surface area contributed by atoms with Crippen molar-refractivity contribution in [1.82, 2.24) is 4.98 Å². The normalized spacial score (nSPS) is 10.8. The van der Waals surface area contributed by atoms with Gasteiger partial charge in [-0.05, 0) is 36.8 Å². The first-order valence-electron chi connectivity index (χ1n) is 5.96. The molecule has 0 saturated carbocycles. The number of carboxylic acids is 1. The molecule has 1 aromatic carbocycles. The van der Waals surface area contributed by atoms with E-state index in [0.717, 1.165) is 12.1 Å². The fourth-order valence-corrected chi connectivity index (χ4v) is 1.61. The van der Waals surface area contributed by atoms with E-state index in [9.17, 15) is 13.6 Å². The molecule has 0 bridgehead atoms. The van der Waals surface area contributed by atoms with Gasteiger partial charge in [0, 0.05) is 23.9 Å². The molecule has 6 heteroatoms. The Hall–Kier alpha value is -2.76. The maximum Gasteiger partial charge on any atom is 0.328 e. The highest BCUT2D eigenvalue weighted by Crippen LogP contribution is 2.26. The number of ether oxygens (including phenoxy) is 1. The number of carboxylic acid groups (broad SMARTS) is 1. The van der Waals surface area contributed by atoms with Gasteiger partial charge in [-0.25, -0.2) is 18.6 Å². The SMILES string of the molecule is Cc1cc(/C=C/C(=O)O)cnc1Oc1ccc(F)cc1F. The first-order valence-corrected chi connectivity index (χ1v) is 5.96. The monoisotopic (exact) mass is 291 g/mol. The zero-order valence-electron chi connectivity index (χ0n) is 11.0. The van der Waals surface area contributed by atoms with Gasteiger partial charge in [0.25, 0.3) is 0 Å². The molecule has 0 aliphatic rings. The molecule has 4 nitrogen and oxygen atoms in total. The van der Waals surface area contributed by atoms with E-state index in [1.54, 1.807) is 13.0 Å². The van der Waals surface area contributed by atoms with Crippen LogP contribution in [0.2, 0.25) is 0 Å². The van der Waals surface area contributed by atoms with E-state index >= 15 is 0 Å². The lowest BCUT2D eigenvalue weighted by atomic mass is 10.2. The number of rotatable bonds is 4. The fraction of sp³-hybridized carbons (Fsp3) is 0.0667. The van der Waals surface area contributed by atoms with Crippen molar-refractivity contribution in [2.45, 2.75) is 6.92 Å². The summed E-state index contributed by atoms with van der Waals surface area (Å²) in [6.07, 6.45) is 3.75. The molecule has 0 saturated heterocycles. The summed E-state index contributed by atoms with van der Waals surface area (Å²) in [6.45, 7) is 1.68. The zero-order chi connectivity index (χ0) is 15.4. The highest BCUT2D eigenvalue weighted by molar-refractivity contribution is 5.85. The zero-order valence-corrected chi connectivity index (χ0v) is 11.0. The second kappa shape index (κ2) is 6.13. The highest BCUT2D eigenvalue weighted by atomic mass is 19.1. The molecule has 21 heavy (non-hydrogen) atoms. The minimum Gasteiger partial charge on any atom is -0.478 e. The van der Waals surface area contributed by atoms with Crippen molar-refractivity contribution in [2.24, 2.45) is 0 Å². The number of pyridine rings is 1. The Labute approximate surface area is 119 Å². The lowest BCUT2D eigenvalue weighted by Crippen LogP contribution is -1.95. The maximum absolute atomic E-state index is 13.5. The van der Waals surface area contributed by atoms with Crippen LogP contribution < -0.4 is 4.74 Å². The lowest BCUT2D eigenvalue weighted by molar-refractivity contribution is -0.131. The number of hydrogen-bond acceptors (Lipinski definition) is 3. The molecular weight excluding hydrogens is 280 g/mol. The summed E-state index contributed by atoms with van der Waals surface area (Å²) in [5.74, 6) is -2.57. The first kappa shape index (κ1) is 14.6. The quantitative estimate of drug-likeness (QED) is 0.875. The summed E-state index contributed by atoms with van der Waals surface area (Å²) in [7, 11) is 0. The molecule has 2 aromatic rings. The minimum absolute atomic E-state index is 0.138. The largest absolute Gasteiger partial charge is 0.478 e. The van der Waals surface area contributed by atoms with Crippen molar-refractivity contribution >= 4 is 12.0 Å². The molecule has 0 unspecified atom stereocenters. The van der Waals surface area contributed by atoms with Gasteiger partial charge in [0.2, 0.25) is 5.88 Å². The van der Waals surface area contributed by atoms with Crippen LogP contribution in [0.3, 0.4) is 0 Å². The molecule has 0 fully saturated rings. The Morgan fingerprint density at radius 2 is 2.10 bits per heavy atom. The Balaban J connectivity index is 2.23. The van der Waals surface area contributed by atoms with Crippen molar-refractivity contribution in [2.75, 3.05) is 0 Å². The van der Waals surface area contributed by atoms with Gasteiger partial charge in [-0.1, -0.05) is 0 Å². The topological polar surface area (TPSA) is 59.4 Å². The molecule has 0 aliphatic carbocycles. The van der Waals surface area contributed by atoms with Crippen LogP contribution in [0.4, 0.5) is 8.78 Å². The summed E-state index contributed by atoms with van der Waals surface area (Å²) < 4.78 is 31.6. The number of carbonyl (C=O) groups is 1. The van der Waals surface area contributed by atoms with Crippen molar-refractivity contribution < 1.29 is 23.4 Å². The third kappa shape index (κ3) is 3.85. The molecule has 1 N–H and O–H groups in total. The molecule has 0 aliphatic heterocycles. The lowest BCUT2D eigenvalue weighted by Gasteiger charge is -2.08. The van der Waals surface area contributed by atoms with E-state index in [1.807, 2.05) is 0 Å². The Morgan fingerprint density at radius 3 is 2.71 bits per heavy atom. The van der Waals surface area contributed by atoms with Crippen LogP contribution in [-0.4, -0.2) is 16.1 Å². The summed E-state index contributed by atoms with van der Waals surface area (Å²) >= 11 is 0. The van der Waals surface area contributed by atoms with Gasteiger partial charge in [-0.2, -0.15) is 0 Å². The van der Waals surface area contributed by atoms with Crippen LogP contribution in [0.5, 0.6) is 11.6 Å². The predicted octanol–water partition coefficient (Wildman–Crippen LogP) is 3.56. The first-order chi connectivity index (χ1) is 9.95. The summed E-state index contributed by atoms with van der Waals surface area (Å²) in [6, 6.07) is 4.61. The average molecular weight is 291 g/mol. The number of benzene rings is 1. The van der Waals surface area contributed by atoms with Crippen LogP contribution in [0, 0.1) is 18.6 Å². The smallest absolute Gasteiger partial charge is 0.328 e. The molecule has 1 heterocycles. The molecule has 0 radical (unpaired) electrons. The summed E-state index contributed by atoms with van der Waals surface area (Å²) in [5, 5.41) is 8.54.